The molecule has 0 saturated carbocycles. The number of aromatic nitrogens is 3. The number of aromatic hydroxyl groups is 2. The molecule has 1 aliphatic rings. The van der Waals surface area contributed by atoms with E-state index < -0.39 is 63.8 Å². The topological polar surface area (TPSA) is 266 Å². The first-order valence-electron chi connectivity index (χ1n) is 17.5. The van der Waals surface area contributed by atoms with Gasteiger partial charge in [0.05, 0.1) is 11.1 Å². The standard InChI is InChI=1S/C35H44N8O12/c1-38-20-12-22(28(46)34(38)52)30(48)36-14-5-16-40(32(50)24-8-3-10-26(44)42(24)54)18-7-19-41(33(51)25-9-4-11-27(45)43(25)55)17-6-15-37-31(49)23-13-21-39(2)35(53)29(23)47/h3,8,10,12-13,20-21,25,46-47,54-55H,4-7,9,11,14-19H2,1-2H3,(H,36,48)(H,37,49). The SMILES string of the molecule is Cn1ccc(C(=O)NCCCN(CCCN(CCCNC(=O)c2ccn(C)c(=O)c2O)C(=O)C2CCCC(=O)N2O)C(=O)c2cccc(=O)n2O)c(O)c1=O. The van der Waals surface area contributed by atoms with Crippen LogP contribution in [0.5, 0.6) is 11.5 Å². The number of rotatable bonds is 16. The van der Waals surface area contributed by atoms with Gasteiger partial charge in [-0.15, -0.1) is 4.73 Å². The molecule has 296 valence electrons. The van der Waals surface area contributed by atoms with E-state index in [9.17, 15) is 59.0 Å². The van der Waals surface area contributed by atoms with Gasteiger partial charge in [-0.05, 0) is 50.3 Å². The molecule has 3 aromatic heterocycles. The van der Waals surface area contributed by atoms with Crippen molar-refractivity contribution in [1.29, 1.82) is 0 Å². The number of carbonyl (C=O) groups is 5. The first kappa shape index (κ1) is 41.3. The van der Waals surface area contributed by atoms with Gasteiger partial charge in [-0.2, -0.15) is 0 Å². The van der Waals surface area contributed by atoms with Crippen LogP contribution in [0.2, 0.25) is 0 Å². The van der Waals surface area contributed by atoms with Gasteiger partial charge in [0.2, 0.25) is 11.8 Å². The summed E-state index contributed by atoms with van der Waals surface area (Å²) in [6.45, 7) is 0.000117. The lowest BCUT2D eigenvalue weighted by atomic mass is 10.0. The van der Waals surface area contributed by atoms with Gasteiger partial charge in [-0.1, -0.05) is 6.07 Å². The Morgan fingerprint density at radius 3 is 1.82 bits per heavy atom. The smallest absolute Gasteiger partial charge is 0.293 e. The summed E-state index contributed by atoms with van der Waals surface area (Å²) in [5.41, 5.74) is -3.18. The number of aryl methyl sites for hydroxylation is 2. The van der Waals surface area contributed by atoms with Gasteiger partial charge in [0.25, 0.3) is 34.4 Å². The third kappa shape index (κ3) is 9.96. The van der Waals surface area contributed by atoms with Crippen LogP contribution in [0.3, 0.4) is 0 Å². The van der Waals surface area contributed by atoms with Crippen LogP contribution in [0.4, 0.5) is 0 Å². The van der Waals surface area contributed by atoms with Gasteiger partial charge in [-0.3, -0.25) is 43.6 Å². The van der Waals surface area contributed by atoms with Crippen molar-refractivity contribution in [1.82, 2.24) is 39.4 Å². The molecule has 0 spiro atoms. The number of piperidine rings is 1. The van der Waals surface area contributed by atoms with E-state index in [4.69, 9.17) is 0 Å². The molecule has 4 rings (SSSR count). The van der Waals surface area contributed by atoms with E-state index in [1.165, 1.54) is 60.6 Å². The third-order valence-electron chi connectivity index (χ3n) is 9.06. The zero-order valence-corrected chi connectivity index (χ0v) is 30.3. The van der Waals surface area contributed by atoms with Gasteiger partial charge >= 0.3 is 0 Å². The van der Waals surface area contributed by atoms with E-state index in [1.54, 1.807) is 0 Å². The molecule has 20 nitrogen and oxygen atoms in total. The predicted molar refractivity (Wildman–Crippen MR) is 192 cm³/mol. The highest BCUT2D eigenvalue weighted by Crippen LogP contribution is 2.19. The normalized spacial score (nSPS) is 14.0. The summed E-state index contributed by atoms with van der Waals surface area (Å²) in [6, 6.07) is 4.98. The zero-order chi connectivity index (χ0) is 40.4. The van der Waals surface area contributed by atoms with Crippen LogP contribution in [0.1, 0.15) is 69.7 Å². The van der Waals surface area contributed by atoms with E-state index in [0.29, 0.717) is 11.5 Å². The quantitative estimate of drug-likeness (QED) is 0.0580. The Balaban J connectivity index is 1.44. The number of hydroxylamine groups is 2. The minimum absolute atomic E-state index is 0.00427. The second-order valence-electron chi connectivity index (χ2n) is 12.9. The minimum atomic E-state index is -1.16. The average Bonchev–Trinajstić information content (AvgIpc) is 3.16. The maximum absolute atomic E-state index is 13.7. The largest absolute Gasteiger partial charge is 0.502 e. The first-order chi connectivity index (χ1) is 26.1. The lowest BCUT2D eigenvalue weighted by Gasteiger charge is -2.34. The van der Waals surface area contributed by atoms with E-state index >= 15 is 0 Å². The first-order valence-corrected chi connectivity index (χ1v) is 17.5. The molecular formula is C35H44N8O12. The summed E-state index contributed by atoms with van der Waals surface area (Å²) in [6.07, 6.45) is 3.75. The highest BCUT2D eigenvalue weighted by atomic mass is 16.5. The summed E-state index contributed by atoms with van der Waals surface area (Å²) >= 11 is 0. The maximum Gasteiger partial charge on any atom is 0.293 e. The fourth-order valence-electron chi connectivity index (χ4n) is 5.93. The fourth-order valence-corrected chi connectivity index (χ4v) is 5.93. The molecule has 0 bridgehead atoms. The number of hydrogen-bond acceptors (Lipinski definition) is 12. The maximum atomic E-state index is 13.7. The van der Waals surface area contributed by atoms with Crippen molar-refractivity contribution in [3.8, 4) is 11.5 Å². The molecule has 5 amide bonds. The predicted octanol–water partition coefficient (Wildman–Crippen LogP) is -1.03. The molecule has 6 N–H and O–H groups in total. The monoisotopic (exact) mass is 768 g/mol. The molecular weight excluding hydrogens is 724 g/mol. The van der Waals surface area contributed by atoms with E-state index in [0.717, 1.165) is 15.2 Å². The summed E-state index contributed by atoms with van der Waals surface area (Å²) in [4.78, 5) is 104. The Labute approximate surface area is 313 Å². The summed E-state index contributed by atoms with van der Waals surface area (Å²) < 4.78 is 2.40. The van der Waals surface area contributed by atoms with Gasteiger partial charge in [-0.25, -0.2) is 5.06 Å². The summed E-state index contributed by atoms with van der Waals surface area (Å²) in [7, 11) is 2.82. The number of carbonyl (C=O) groups excluding carboxylic acids is 5. The fraction of sp³-hybridized carbons (Fsp3) is 0.429. The van der Waals surface area contributed by atoms with Gasteiger partial charge < -0.3 is 45.0 Å². The molecule has 1 saturated heterocycles. The van der Waals surface area contributed by atoms with Gasteiger partial charge in [0.1, 0.15) is 11.7 Å². The van der Waals surface area contributed by atoms with Crippen molar-refractivity contribution >= 4 is 29.5 Å². The van der Waals surface area contributed by atoms with Crippen molar-refractivity contribution < 1.29 is 44.6 Å². The van der Waals surface area contributed by atoms with Crippen LogP contribution in [0.15, 0.2) is 57.1 Å². The van der Waals surface area contributed by atoms with Gasteiger partial charge in [0.15, 0.2) is 11.5 Å². The second-order valence-corrected chi connectivity index (χ2v) is 12.9. The Bertz CT molecular complexity index is 2110. The minimum Gasteiger partial charge on any atom is -0.502 e. The Morgan fingerprint density at radius 2 is 1.25 bits per heavy atom. The van der Waals surface area contributed by atoms with E-state index in [1.807, 2.05) is 0 Å². The van der Waals surface area contributed by atoms with Crippen molar-refractivity contribution in [2.45, 2.75) is 44.6 Å². The molecule has 55 heavy (non-hydrogen) atoms. The molecule has 0 aromatic carbocycles. The number of hydrogen-bond donors (Lipinski definition) is 6. The van der Waals surface area contributed by atoms with Crippen LogP contribution < -0.4 is 27.3 Å². The van der Waals surface area contributed by atoms with Crippen LogP contribution in [-0.2, 0) is 23.7 Å². The highest BCUT2D eigenvalue weighted by Gasteiger charge is 2.35. The van der Waals surface area contributed by atoms with Crippen LogP contribution in [0, 0.1) is 0 Å². The van der Waals surface area contributed by atoms with Crippen molar-refractivity contribution in [2.75, 3.05) is 39.3 Å². The Hall–Kier alpha value is -6.44. The highest BCUT2D eigenvalue weighted by molar-refractivity contribution is 5.97. The van der Waals surface area contributed by atoms with Gasteiger partial charge in [0, 0.05) is 78.2 Å². The van der Waals surface area contributed by atoms with Crippen molar-refractivity contribution in [2.24, 2.45) is 14.1 Å². The Kier molecular flexibility index (Phi) is 13.9. The average molecular weight is 769 g/mol. The lowest BCUT2D eigenvalue weighted by molar-refractivity contribution is -0.188. The van der Waals surface area contributed by atoms with E-state index in [-0.39, 0.29) is 92.9 Å². The summed E-state index contributed by atoms with van der Waals surface area (Å²) in [5.74, 6) is -4.82. The van der Waals surface area contributed by atoms with E-state index in [2.05, 4.69) is 10.6 Å². The number of nitrogens with zero attached hydrogens (tertiary/aromatic N) is 6. The van der Waals surface area contributed by atoms with Crippen LogP contribution >= 0.6 is 0 Å². The number of nitrogens with one attached hydrogen (secondary N) is 2. The van der Waals surface area contributed by atoms with Crippen molar-refractivity contribution in [3.05, 3.63) is 90.6 Å². The summed E-state index contributed by atoms with van der Waals surface area (Å²) in [5, 5.41) is 46.4. The molecule has 1 atom stereocenters. The molecule has 1 aliphatic heterocycles. The lowest BCUT2D eigenvalue weighted by Crippen LogP contribution is -2.52. The molecule has 0 radical (unpaired) electrons. The molecule has 4 heterocycles. The molecule has 3 aromatic rings. The number of pyridine rings is 3. The molecule has 1 unspecified atom stereocenters. The molecule has 1 fully saturated rings. The van der Waals surface area contributed by atoms with Crippen molar-refractivity contribution in [3.63, 3.8) is 0 Å². The number of amides is 5. The van der Waals surface area contributed by atoms with Crippen LogP contribution in [-0.4, -0.2) is 124 Å². The second kappa shape index (κ2) is 18.5. The molecule has 20 heteroatoms. The Morgan fingerprint density at radius 1 is 0.745 bits per heavy atom. The third-order valence-corrected chi connectivity index (χ3v) is 9.06. The zero-order valence-electron chi connectivity index (χ0n) is 30.3. The molecule has 0 aliphatic carbocycles. The van der Waals surface area contributed by atoms with Crippen LogP contribution in [0.25, 0.3) is 0 Å².